The van der Waals surface area contributed by atoms with E-state index in [2.05, 4.69) is 29.7 Å². The molecule has 0 aliphatic carbocycles. The van der Waals surface area contributed by atoms with Gasteiger partial charge in [-0.25, -0.2) is 0 Å². The molecule has 3 heteroatoms. The minimum atomic E-state index is -0.0550. The van der Waals surface area contributed by atoms with Crippen molar-refractivity contribution in [1.82, 2.24) is 5.32 Å². The third-order valence-electron chi connectivity index (χ3n) is 3.43. The van der Waals surface area contributed by atoms with Crippen molar-refractivity contribution in [2.45, 2.75) is 26.8 Å². The van der Waals surface area contributed by atoms with Crippen LogP contribution in [-0.4, -0.2) is 12.5 Å². The Morgan fingerprint density at radius 2 is 1.90 bits per heavy atom. The molecule has 0 heterocycles. The van der Waals surface area contributed by atoms with E-state index in [1.807, 2.05) is 50.2 Å². The summed E-state index contributed by atoms with van der Waals surface area (Å²) in [6.45, 7) is 6.86. The number of para-hydroxylation sites is 1. The fraction of sp³-hybridized carbons (Fsp3) is 0.278. The van der Waals surface area contributed by atoms with E-state index in [9.17, 15) is 4.79 Å². The molecule has 0 aliphatic rings. The van der Waals surface area contributed by atoms with E-state index in [1.165, 1.54) is 5.56 Å². The average molecular weight is 282 g/mol. The van der Waals surface area contributed by atoms with E-state index >= 15 is 0 Å². The number of rotatable bonds is 5. The maximum Gasteiger partial charge on any atom is 0.253 e. The molecular weight excluding hydrogens is 260 g/mol. The van der Waals surface area contributed by atoms with Crippen molar-refractivity contribution in [2.24, 2.45) is 0 Å². The van der Waals surface area contributed by atoms with Crippen LogP contribution in [0.4, 0.5) is 5.69 Å². The molecule has 0 aliphatic heterocycles. The topological polar surface area (TPSA) is 41.1 Å². The Morgan fingerprint density at radius 3 is 2.62 bits per heavy atom. The van der Waals surface area contributed by atoms with Crippen molar-refractivity contribution in [2.75, 3.05) is 11.9 Å². The smallest absolute Gasteiger partial charge is 0.253 e. The zero-order valence-electron chi connectivity index (χ0n) is 12.8. The van der Waals surface area contributed by atoms with Gasteiger partial charge in [-0.2, -0.15) is 0 Å². The van der Waals surface area contributed by atoms with Crippen LogP contribution in [0.2, 0.25) is 0 Å². The molecule has 21 heavy (non-hydrogen) atoms. The van der Waals surface area contributed by atoms with Gasteiger partial charge in [0.2, 0.25) is 0 Å². The standard InChI is InChI=1S/C18H22N2O/c1-4-19-17-11-6-5-10-16(17)18(21)20-14(3)15-9-7-8-13(2)12-15/h5-12,14,19H,4H2,1-3H3,(H,20,21)/t14-/m1/s1. The van der Waals surface area contributed by atoms with Gasteiger partial charge in [0.15, 0.2) is 0 Å². The summed E-state index contributed by atoms with van der Waals surface area (Å²) in [5.41, 5.74) is 3.86. The van der Waals surface area contributed by atoms with Gasteiger partial charge in [0, 0.05) is 12.2 Å². The molecule has 2 N–H and O–H groups in total. The summed E-state index contributed by atoms with van der Waals surface area (Å²) in [5.74, 6) is -0.0550. The number of hydrogen-bond donors (Lipinski definition) is 2. The highest BCUT2D eigenvalue weighted by Gasteiger charge is 2.14. The number of carbonyl (C=O) groups excluding carboxylic acids is 1. The highest BCUT2D eigenvalue weighted by molar-refractivity contribution is 5.99. The summed E-state index contributed by atoms with van der Waals surface area (Å²) in [6.07, 6.45) is 0. The first-order chi connectivity index (χ1) is 10.1. The normalized spacial score (nSPS) is 11.8. The van der Waals surface area contributed by atoms with Gasteiger partial charge in [0.05, 0.1) is 11.6 Å². The van der Waals surface area contributed by atoms with Crippen LogP contribution in [0.1, 0.15) is 41.4 Å². The van der Waals surface area contributed by atoms with Crippen LogP contribution in [0.3, 0.4) is 0 Å². The van der Waals surface area contributed by atoms with Gasteiger partial charge in [-0.15, -0.1) is 0 Å². The predicted molar refractivity (Wildman–Crippen MR) is 87.7 cm³/mol. The van der Waals surface area contributed by atoms with Gasteiger partial charge in [-0.1, -0.05) is 42.0 Å². The average Bonchev–Trinajstić information content (AvgIpc) is 2.48. The Labute approximate surface area is 126 Å². The number of aryl methyl sites for hydroxylation is 1. The lowest BCUT2D eigenvalue weighted by Gasteiger charge is -2.17. The molecule has 0 bridgehead atoms. The van der Waals surface area contributed by atoms with Crippen LogP contribution in [0.5, 0.6) is 0 Å². The van der Waals surface area contributed by atoms with Gasteiger partial charge >= 0.3 is 0 Å². The molecule has 0 saturated heterocycles. The van der Waals surface area contributed by atoms with Gasteiger partial charge in [-0.05, 0) is 38.5 Å². The highest BCUT2D eigenvalue weighted by Crippen LogP contribution is 2.18. The summed E-state index contributed by atoms with van der Waals surface area (Å²) in [6, 6.07) is 15.8. The van der Waals surface area contributed by atoms with E-state index in [0.29, 0.717) is 5.56 Å². The van der Waals surface area contributed by atoms with E-state index < -0.39 is 0 Å². The van der Waals surface area contributed by atoms with Crippen LogP contribution in [0.15, 0.2) is 48.5 Å². The molecule has 2 aromatic rings. The summed E-state index contributed by atoms with van der Waals surface area (Å²) in [5, 5.41) is 6.28. The van der Waals surface area contributed by atoms with Crippen molar-refractivity contribution < 1.29 is 4.79 Å². The fourth-order valence-electron chi connectivity index (χ4n) is 2.32. The maximum atomic E-state index is 12.5. The first-order valence-corrected chi connectivity index (χ1v) is 7.32. The SMILES string of the molecule is CCNc1ccccc1C(=O)N[C@H](C)c1cccc(C)c1. The first kappa shape index (κ1) is 15.1. The molecule has 0 unspecified atom stereocenters. The number of benzene rings is 2. The van der Waals surface area contributed by atoms with Crippen molar-refractivity contribution in [3.8, 4) is 0 Å². The van der Waals surface area contributed by atoms with Gasteiger partial charge in [0.25, 0.3) is 5.91 Å². The molecule has 110 valence electrons. The third kappa shape index (κ3) is 3.85. The second-order valence-electron chi connectivity index (χ2n) is 5.19. The molecule has 0 fully saturated rings. The number of carbonyl (C=O) groups is 1. The largest absolute Gasteiger partial charge is 0.385 e. The highest BCUT2D eigenvalue weighted by atomic mass is 16.1. The Morgan fingerprint density at radius 1 is 1.14 bits per heavy atom. The minimum absolute atomic E-state index is 0.0212. The second-order valence-corrected chi connectivity index (χ2v) is 5.19. The lowest BCUT2D eigenvalue weighted by molar-refractivity contribution is 0.0940. The van der Waals surface area contributed by atoms with E-state index in [-0.39, 0.29) is 11.9 Å². The molecule has 1 atom stereocenters. The zero-order valence-corrected chi connectivity index (χ0v) is 12.8. The first-order valence-electron chi connectivity index (χ1n) is 7.32. The zero-order chi connectivity index (χ0) is 15.2. The lowest BCUT2D eigenvalue weighted by Crippen LogP contribution is -2.27. The maximum absolute atomic E-state index is 12.5. The molecule has 1 amide bonds. The van der Waals surface area contributed by atoms with Crippen LogP contribution in [-0.2, 0) is 0 Å². The molecule has 2 rings (SSSR count). The van der Waals surface area contributed by atoms with Crippen LogP contribution in [0, 0.1) is 6.92 Å². The molecule has 2 aromatic carbocycles. The van der Waals surface area contributed by atoms with Crippen LogP contribution >= 0.6 is 0 Å². The van der Waals surface area contributed by atoms with E-state index in [0.717, 1.165) is 17.8 Å². The molecule has 0 spiro atoms. The Hall–Kier alpha value is -2.29. The molecule has 0 radical (unpaired) electrons. The number of anilines is 1. The summed E-state index contributed by atoms with van der Waals surface area (Å²) < 4.78 is 0. The molecule has 0 aromatic heterocycles. The monoisotopic (exact) mass is 282 g/mol. The number of hydrogen-bond acceptors (Lipinski definition) is 2. The van der Waals surface area contributed by atoms with Crippen LogP contribution < -0.4 is 10.6 Å². The van der Waals surface area contributed by atoms with Crippen molar-refractivity contribution >= 4 is 11.6 Å². The summed E-state index contributed by atoms with van der Waals surface area (Å²) in [4.78, 5) is 12.5. The number of amides is 1. The van der Waals surface area contributed by atoms with Crippen molar-refractivity contribution in [3.63, 3.8) is 0 Å². The third-order valence-corrected chi connectivity index (χ3v) is 3.43. The summed E-state index contributed by atoms with van der Waals surface area (Å²) in [7, 11) is 0. The Balaban J connectivity index is 2.14. The van der Waals surface area contributed by atoms with Gasteiger partial charge in [-0.3, -0.25) is 4.79 Å². The predicted octanol–water partition coefficient (Wildman–Crippen LogP) is 3.92. The fourth-order valence-corrected chi connectivity index (χ4v) is 2.32. The number of nitrogens with one attached hydrogen (secondary N) is 2. The van der Waals surface area contributed by atoms with Crippen molar-refractivity contribution in [3.05, 3.63) is 65.2 Å². The van der Waals surface area contributed by atoms with E-state index in [4.69, 9.17) is 0 Å². The quantitative estimate of drug-likeness (QED) is 0.872. The van der Waals surface area contributed by atoms with E-state index in [1.54, 1.807) is 0 Å². The van der Waals surface area contributed by atoms with Gasteiger partial charge < -0.3 is 10.6 Å². The Bertz CT molecular complexity index is 622. The van der Waals surface area contributed by atoms with Crippen LogP contribution in [0.25, 0.3) is 0 Å². The Kier molecular flexibility index (Phi) is 4.99. The molecule has 0 saturated carbocycles. The molecule has 3 nitrogen and oxygen atoms in total. The minimum Gasteiger partial charge on any atom is -0.385 e. The lowest BCUT2D eigenvalue weighted by atomic mass is 10.0. The van der Waals surface area contributed by atoms with Crippen molar-refractivity contribution in [1.29, 1.82) is 0 Å². The van der Waals surface area contributed by atoms with Gasteiger partial charge in [0.1, 0.15) is 0 Å². The second kappa shape index (κ2) is 6.93. The molecular formula is C18H22N2O. The summed E-state index contributed by atoms with van der Waals surface area (Å²) >= 11 is 0.